The molecule has 0 saturated carbocycles. The van der Waals surface area contributed by atoms with Crippen molar-refractivity contribution < 1.29 is 4.79 Å². The Bertz CT molecular complexity index is 1370. The zero-order chi connectivity index (χ0) is 20.4. The fraction of sp³-hybridized carbons (Fsp3) is 0.182. The molecule has 0 unspecified atom stereocenters. The summed E-state index contributed by atoms with van der Waals surface area (Å²) in [6, 6.07) is 14.9. The number of nitrogens with zero attached hydrogens (tertiary/aromatic N) is 3. The average molecular weight is 450 g/mol. The zero-order valence-corrected chi connectivity index (χ0v) is 17.3. The van der Waals surface area contributed by atoms with Crippen molar-refractivity contribution in [2.45, 2.75) is 5.92 Å². The summed E-state index contributed by atoms with van der Waals surface area (Å²) in [4.78, 5) is 43.8. The maximum Gasteiger partial charge on any atom is 0.332 e. The van der Waals surface area contributed by atoms with E-state index in [4.69, 9.17) is 4.99 Å². The lowest BCUT2D eigenvalue weighted by atomic mass is 9.76. The van der Waals surface area contributed by atoms with Crippen LogP contribution in [0.25, 0.3) is 0 Å². The highest BCUT2D eigenvalue weighted by Crippen LogP contribution is 2.46. The number of carbonyl (C=O) groups excluding carboxylic acids is 1. The van der Waals surface area contributed by atoms with Crippen LogP contribution >= 0.6 is 15.9 Å². The second-order valence-corrected chi connectivity index (χ2v) is 8.28. The zero-order valence-electron chi connectivity index (χ0n) is 15.7. The Kier molecular flexibility index (Phi) is 3.86. The van der Waals surface area contributed by atoms with E-state index in [9.17, 15) is 14.4 Å². The van der Waals surface area contributed by atoms with Gasteiger partial charge in [0.15, 0.2) is 5.78 Å². The SMILES string of the molecule is Cn1c2c(c(=O)n(C)c1=O)[C@@H](c1cccc(Br)c1)[C@@H]1C(=O)c3ccccc3C1=N2. The number of Topliss-reactive ketones (excluding diaryl/α,β-unsaturated/α-hetero) is 1. The van der Waals surface area contributed by atoms with Gasteiger partial charge in [0.25, 0.3) is 5.56 Å². The van der Waals surface area contributed by atoms with E-state index in [1.54, 1.807) is 13.1 Å². The lowest BCUT2D eigenvalue weighted by Gasteiger charge is -2.30. The van der Waals surface area contributed by atoms with E-state index in [0.29, 0.717) is 22.7 Å². The molecule has 5 rings (SSSR count). The van der Waals surface area contributed by atoms with Gasteiger partial charge in [-0.3, -0.25) is 18.7 Å². The fourth-order valence-electron chi connectivity index (χ4n) is 4.43. The summed E-state index contributed by atoms with van der Waals surface area (Å²) in [5.41, 5.74) is 2.33. The van der Waals surface area contributed by atoms with Crippen LogP contribution < -0.4 is 11.2 Å². The lowest BCUT2D eigenvalue weighted by Crippen LogP contribution is -2.43. The van der Waals surface area contributed by atoms with E-state index in [2.05, 4.69) is 15.9 Å². The normalized spacial score (nSPS) is 19.4. The number of aromatic nitrogens is 2. The first-order valence-electron chi connectivity index (χ1n) is 9.17. The van der Waals surface area contributed by atoms with E-state index in [-0.39, 0.29) is 5.78 Å². The largest absolute Gasteiger partial charge is 0.332 e. The van der Waals surface area contributed by atoms with E-state index < -0.39 is 23.1 Å². The van der Waals surface area contributed by atoms with Gasteiger partial charge in [-0.1, -0.05) is 52.3 Å². The number of ketones is 1. The highest BCUT2D eigenvalue weighted by molar-refractivity contribution is 9.10. The van der Waals surface area contributed by atoms with Crippen molar-refractivity contribution in [3.8, 4) is 0 Å². The van der Waals surface area contributed by atoms with Crippen LogP contribution in [0.15, 0.2) is 67.6 Å². The van der Waals surface area contributed by atoms with Crippen LogP contribution in [0.5, 0.6) is 0 Å². The predicted molar refractivity (Wildman–Crippen MR) is 113 cm³/mol. The molecule has 0 spiro atoms. The first-order valence-corrected chi connectivity index (χ1v) is 9.97. The predicted octanol–water partition coefficient (Wildman–Crippen LogP) is 2.93. The van der Waals surface area contributed by atoms with Gasteiger partial charge in [0.2, 0.25) is 0 Å². The molecule has 2 heterocycles. The van der Waals surface area contributed by atoms with Crippen molar-refractivity contribution in [1.29, 1.82) is 0 Å². The molecule has 144 valence electrons. The standard InChI is InChI=1S/C22H16BrN3O3/c1-25-20-17(21(28)26(2)22(25)29)15(11-6-5-7-12(23)10-11)16-18(24-20)13-8-3-4-9-14(13)19(16)27/h3-10,15-16H,1-2H3/t15-,16-/m0/s1. The van der Waals surface area contributed by atoms with Gasteiger partial charge in [-0.25, -0.2) is 9.79 Å². The van der Waals surface area contributed by atoms with Crippen LogP contribution in [0.4, 0.5) is 5.82 Å². The van der Waals surface area contributed by atoms with Crippen LogP contribution in [0.1, 0.15) is 33.0 Å². The smallest absolute Gasteiger partial charge is 0.293 e. The average Bonchev–Trinajstić information content (AvgIpc) is 3.01. The number of halogens is 1. The second-order valence-electron chi connectivity index (χ2n) is 7.36. The van der Waals surface area contributed by atoms with Gasteiger partial charge in [-0.2, -0.15) is 0 Å². The molecule has 2 aromatic carbocycles. The number of aliphatic imine (C=N–C) groups is 1. The third kappa shape index (κ3) is 2.40. The first kappa shape index (κ1) is 18.0. The monoisotopic (exact) mass is 449 g/mol. The molecule has 7 heteroatoms. The summed E-state index contributed by atoms with van der Waals surface area (Å²) in [6.45, 7) is 0. The minimum Gasteiger partial charge on any atom is -0.293 e. The quantitative estimate of drug-likeness (QED) is 0.573. The van der Waals surface area contributed by atoms with Crippen molar-refractivity contribution >= 4 is 33.2 Å². The Hall–Kier alpha value is -3.06. The summed E-state index contributed by atoms with van der Waals surface area (Å²) < 4.78 is 3.32. The number of fused-ring (bicyclic) bond motifs is 4. The highest BCUT2D eigenvalue weighted by atomic mass is 79.9. The lowest BCUT2D eigenvalue weighted by molar-refractivity contribution is 0.0953. The van der Waals surface area contributed by atoms with Gasteiger partial charge in [0.05, 0.1) is 17.2 Å². The molecule has 1 aliphatic carbocycles. The molecule has 3 aromatic rings. The third-order valence-corrected chi connectivity index (χ3v) is 6.28. The summed E-state index contributed by atoms with van der Waals surface area (Å²) in [5.74, 6) is -0.857. The van der Waals surface area contributed by atoms with Gasteiger partial charge >= 0.3 is 5.69 Å². The molecule has 2 aliphatic rings. The summed E-state index contributed by atoms with van der Waals surface area (Å²) in [5, 5.41) is 0. The van der Waals surface area contributed by atoms with Crippen molar-refractivity contribution in [2.24, 2.45) is 25.0 Å². The molecule has 6 nitrogen and oxygen atoms in total. The highest BCUT2D eigenvalue weighted by Gasteiger charge is 2.47. The maximum atomic E-state index is 13.4. The Balaban J connectivity index is 1.92. The van der Waals surface area contributed by atoms with Crippen LogP contribution in [-0.4, -0.2) is 20.6 Å². The summed E-state index contributed by atoms with van der Waals surface area (Å²) in [7, 11) is 3.05. The van der Waals surface area contributed by atoms with E-state index in [1.807, 2.05) is 42.5 Å². The van der Waals surface area contributed by atoms with Gasteiger partial charge < -0.3 is 0 Å². The second kappa shape index (κ2) is 6.22. The van der Waals surface area contributed by atoms with E-state index >= 15 is 0 Å². The minimum absolute atomic E-state index is 0.0501. The Labute approximate surface area is 174 Å². The Morgan fingerprint density at radius 2 is 1.62 bits per heavy atom. The summed E-state index contributed by atoms with van der Waals surface area (Å²) >= 11 is 3.49. The molecule has 0 amide bonds. The number of rotatable bonds is 1. The van der Waals surface area contributed by atoms with Gasteiger partial charge in [-0.15, -0.1) is 0 Å². The van der Waals surface area contributed by atoms with Gasteiger partial charge in [0, 0.05) is 35.6 Å². The molecule has 0 bridgehead atoms. The minimum atomic E-state index is -0.598. The number of carbonyl (C=O) groups is 1. The molecule has 0 N–H and O–H groups in total. The van der Waals surface area contributed by atoms with Crippen LogP contribution in [0, 0.1) is 5.92 Å². The van der Waals surface area contributed by atoms with Crippen LogP contribution in [0.2, 0.25) is 0 Å². The maximum absolute atomic E-state index is 13.4. The topological polar surface area (TPSA) is 73.4 Å². The Morgan fingerprint density at radius 1 is 0.897 bits per heavy atom. The van der Waals surface area contributed by atoms with Crippen molar-refractivity contribution in [1.82, 2.24) is 9.13 Å². The molecule has 0 saturated heterocycles. The summed E-state index contributed by atoms with van der Waals surface area (Å²) in [6.07, 6.45) is 0. The van der Waals surface area contributed by atoms with Gasteiger partial charge in [-0.05, 0) is 17.7 Å². The number of hydrogen-bond donors (Lipinski definition) is 0. The fourth-order valence-corrected chi connectivity index (χ4v) is 4.84. The van der Waals surface area contributed by atoms with Crippen LogP contribution in [-0.2, 0) is 14.1 Å². The molecule has 0 radical (unpaired) electrons. The molecular formula is C22H16BrN3O3. The van der Waals surface area contributed by atoms with E-state index in [1.165, 1.54) is 11.6 Å². The third-order valence-electron chi connectivity index (χ3n) is 5.79. The molecule has 1 aromatic heterocycles. The molecule has 1 aliphatic heterocycles. The van der Waals surface area contributed by atoms with E-state index in [0.717, 1.165) is 20.2 Å². The van der Waals surface area contributed by atoms with Crippen molar-refractivity contribution in [3.05, 3.63) is 96.1 Å². The number of hydrogen-bond acceptors (Lipinski definition) is 4. The van der Waals surface area contributed by atoms with Crippen LogP contribution in [0.3, 0.4) is 0 Å². The number of benzene rings is 2. The molecular weight excluding hydrogens is 434 g/mol. The van der Waals surface area contributed by atoms with Crippen molar-refractivity contribution in [3.63, 3.8) is 0 Å². The molecule has 29 heavy (non-hydrogen) atoms. The Morgan fingerprint density at radius 3 is 2.34 bits per heavy atom. The molecule has 0 fully saturated rings. The van der Waals surface area contributed by atoms with Crippen molar-refractivity contribution in [2.75, 3.05) is 0 Å². The van der Waals surface area contributed by atoms with Gasteiger partial charge in [0.1, 0.15) is 5.82 Å². The molecule has 2 atom stereocenters. The first-order chi connectivity index (χ1) is 13.9.